The minimum atomic E-state index is -0.000000000000000111. The number of rotatable bonds is 8. The first kappa shape index (κ1) is 36.6. The molecular formula is C16H40N2Se4W. The molecule has 0 N–H and O–H groups in total. The van der Waals surface area contributed by atoms with E-state index in [1.807, 2.05) is 0 Å². The molecule has 144 valence electrons. The Labute approximate surface area is 188 Å². The molecule has 0 amide bonds. The van der Waals surface area contributed by atoms with Crippen LogP contribution in [0.2, 0.25) is 0 Å². The van der Waals surface area contributed by atoms with Gasteiger partial charge in [-0.05, 0) is 55.4 Å². The zero-order valence-electron chi connectivity index (χ0n) is 16.6. The Balaban J connectivity index is -0.0000000746. The molecule has 0 aromatic carbocycles. The van der Waals surface area contributed by atoms with Crippen LogP contribution in [0.1, 0.15) is 55.4 Å². The van der Waals surface area contributed by atoms with E-state index in [-0.39, 0.29) is 47.4 Å². The molecule has 0 aromatic heterocycles. The molecule has 7 heteroatoms. The average Bonchev–Trinajstić information content (AvgIpc) is 2.54. The Kier molecular flexibility index (Phi) is 39.3. The molecule has 0 aliphatic rings. The molecule has 0 aromatic rings. The number of hydrogen-bond acceptors (Lipinski definition) is 0. The van der Waals surface area contributed by atoms with E-state index < -0.39 is 0 Å². The summed E-state index contributed by atoms with van der Waals surface area (Å²) in [7, 11) is 0. The molecule has 0 unspecified atom stereocenters. The third-order valence-electron chi connectivity index (χ3n) is 5.37. The quantitative estimate of drug-likeness (QED) is 0.264. The summed E-state index contributed by atoms with van der Waals surface area (Å²) in [5.41, 5.74) is 0. The van der Waals surface area contributed by atoms with E-state index in [1.165, 1.54) is 61.3 Å². The molecule has 23 heavy (non-hydrogen) atoms. The zero-order valence-corrected chi connectivity index (χ0v) is 26.4. The minimum absolute atomic E-state index is 0. The Hall–Kier alpha value is 2.69. The Morgan fingerprint density at radius 1 is 0.478 bits per heavy atom. The molecule has 0 aliphatic heterocycles. The van der Waals surface area contributed by atoms with Gasteiger partial charge in [0, 0.05) is 0 Å². The normalized spacial score (nSPS) is 9.91. The number of hydrogen-bond donors (Lipinski definition) is 0. The van der Waals surface area contributed by atoms with E-state index in [0.29, 0.717) is 0 Å². The summed E-state index contributed by atoms with van der Waals surface area (Å²) in [5.74, 6) is 0. The van der Waals surface area contributed by atoms with Crippen molar-refractivity contribution in [3.8, 4) is 0 Å². The summed E-state index contributed by atoms with van der Waals surface area (Å²) in [6, 6.07) is 0. The SMILES string of the molecule is CC[N+](CC)(CC)CC.CC[N+](CC)(CC)CC.[Se-].[Se-].[Se]=[W]=[Se]. The summed E-state index contributed by atoms with van der Waals surface area (Å²) in [6.07, 6.45) is 0. The van der Waals surface area contributed by atoms with Gasteiger partial charge in [-0.15, -0.1) is 0 Å². The maximum atomic E-state index is 2.92. The molecule has 0 fully saturated rings. The van der Waals surface area contributed by atoms with Crippen molar-refractivity contribution in [2.24, 2.45) is 0 Å². The van der Waals surface area contributed by atoms with Crippen LogP contribution in [-0.4, -0.2) is 121 Å². The molecule has 0 heterocycles. The van der Waals surface area contributed by atoms with Crippen LogP contribution in [0, 0.1) is 0 Å². The van der Waals surface area contributed by atoms with Crippen molar-refractivity contribution in [1.82, 2.24) is 0 Å². The van der Waals surface area contributed by atoms with Gasteiger partial charge in [0.05, 0.1) is 52.4 Å². The summed E-state index contributed by atoms with van der Waals surface area (Å²) >= 11 is 5.83. The van der Waals surface area contributed by atoms with E-state index in [0.717, 1.165) is 0 Å². The van der Waals surface area contributed by atoms with Gasteiger partial charge in [-0.3, -0.25) is 0 Å². The van der Waals surface area contributed by atoms with E-state index in [4.69, 9.17) is 0 Å². The predicted octanol–water partition coefficient (Wildman–Crippen LogP) is 2.24. The molecule has 0 bridgehead atoms. The second-order valence-corrected chi connectivity index (χ2v) is 20.3. The van der Waals surface area contributed by atoms with Crippen LogP contribution in [-0.2, 0) is 13.3 Å². The topological polar surface area (TPSA) is 0 Å². The van der Waals surface area contributed by atoms with Crippen LogP contribution < -0.4 is 0 Å². The zero-order chi connectivity index (χ0) is 17.4. The Bertz CT molecular complexity index is 197. The summed E-state index contributed by atoms with van der Waals surface area (Å²) in [5, 5.41) is 0. The molecule has 2 radical (unpaired) electrons. The molecule has 0 saturated heterocycles. The van der Waals surface area contributed by atoms with Gasteiger partial charge in [0.1, 0.15) is 0 Å². The molecule has 0 atom stereocenters. The number of quaternary nitrogens is 2. The fourth-order valence-corrected chi connectivity index (χ4v) is 2.68. The first-order chi connectivity index (χ1) is 9.90. The van der Waals surface area contributed by atoms with Crippen molar-refractivity contribution in [1.29, 1.82) is 0 Å². The monoisotopic (exact) mass is 764 g/mol. The van der Waals surface area contributed by atoms with Gasteiger partial charge in [-0.2, -0.15) is 0 Å². The molecule has 0 saturated carbocycles. The van der Waals surface area contributed by atoms with E-state index >= 15 is 0 Å². The van der Waals surface area contributed by atoms with Crippen LogP contribution >= 0.6 is 0 Å². The maximum absolute atomic E-state index is 2.92. The first-order valence-electron chi connectivity index (χ1n) is 8.52. The van der Waals surface area contributed by atoms with Crippen molar-refractivity contribution in [2.75, 3.05) is 52.4 Å². The predicted molar refractivity (Wildman–Crippen MR) is 108 cm³/mol. The summed E-state index contributed by atoms with van der Waals surface area (Å²) < 4.78 is 2.56. The summed E-state index contributed by atoms with van der Waals surface area (Å²) in [4.78, 5) is 0. The molecule has 2 nitrogen and oxygen atoms in total. The van der Waals surface area contributed by atoms with Gasteiger partial charge in [0.25, 0.3) is 0 Å². The van der Waals surface area contributed by atoms with E-state index in [1.54, 1.807) is 0 Å². The van der Waals surface area contributed by atoms with Gasteiger partial charge < -0.3 is 43.1 Å². The van der Waals surface area contributed by atoms with Crippen LogP contribution in [0.15, 0.2) is 0 Å². The van der Waals surface area contributed by atoms with Crippen molar-refractivity contribution in [2.45, 2.75) is 55.4 Å². The molecule has 0 aliphatic carbocycles. The van der Waals surface area contributed by atoms with Gasteiger partial charge in [-0.25, -0.2) is 0 Å². The number of nitrogens with zero attached hydrogens (tertiary/aromatic N) is 2. The Morgan fingerprint density at radius 2 is 0.565 bits per heavy atom. The average molecular weight is 760 g/mol. The van der Waals surface area contributed by atoms with Gasteiger partial charge in [-0.1, -0.05) is 0 Å². The second-order valence-electron chi connectivity index (χ2n) is 5.28. The van der Waals surface area contributed by atoms with Crippen LogP contribution in [0.25, 0.3) is 0 Å². The van der Waals surface area contributed by atoms with Crippen LogP contribution in [0.4, 0.5) is 0 Å². The standard InChI is InChI=1S/2C8H20N.4Se.W/c2*1-5-9(6-2,7-3)8-4;;;;;/h2*5-8H2,1-4H3;;;;;/q2*+1;;;2*-1;. The molecule has 0 spiro atoms. The van der Waals surface area contributed by atoms with E-state index in [2.05, 4.69) is 81.0 Å². The van der Waals surface area contributed by atoms with Crippen molar-refractivity contribution in [3.05, 3.63) is 0 Å². The van der Waals surface area contributed by atoms with Gasteiger partial charge in [0.2, 0.25) is 0 Å². The third kappa shape index (κ3) is 17.8. The van der Waals surface area contributed by atoms with Crippen molar-refractivity contribution >= 4 is 59.8 Å². The molecular weight excluding hydrogens is 720 g/mol. The summed E-state index contributed by atoms with van der Waals surface area (Å²) in [6.45, 7) is 28.4. The second kappa shape index (κ2) is 24.7. The van der Waals surface area contributed by atoms with E-state index in [9.17, 15) is 0 Å². The Morgan fingerprint density at radius 3 is 0.565 bits per heavy atom. The van der Waals surface area contributed by atoms with Gasteiger partial charge >= 0.3 is 38.9 Å². The van der Waals surface area contributed by atoms with Crippen LogP contribution in [0.5, 0.6) is 0 Å². The fraction of sp³-hybridized carbons (Fsp3) is 1.00. The van der Waals surface area contributed by atoms with Gasteiger partial charge in [0.15, 0.2) is 0 Å². The third-order valence-corrected chi connectivity index (χ3v) is 5.37. The first-order valence-corrected chi connectivity index (χ1v) is 22.4. The van der Waals surface area contributed by atoms with Crippen LogP contribution in [0.3, 0.4) is 0 Å². The van der Waals surface area contributed by atoms with Crippen molar-refractivity contribution in [3.63, 3.8) is 0 Å². The molecule has 0 rings (SSSR count). The fourth-order valence-electron chi connectivity index (χ4n) is 2.68. The van der Waals surface area contributed by atoms with Crippen molar-refractivity contribution < 1.29 is 22.2 Å².